The molecule has 0 bridgehead atoms. The molecule has 0 aromatic heterocycles. The fourth-order valence-electron chi connectivity index (χ4n) is 3.70. The molecule has 0 aliphatic carbocycles. The van der Waals surface area contributed by atoms with Gasteiger partial charge in [-0.25, -0.2) is 8.42 Å². The molecule has 0 saturated carbocycles. The molecule has 1 N–H and O–H groups in total. The Morgan fingerprint density at radius 1 is 0.862 bits per heavy atom. The minimum atomic E-state index is -3.46. The Hall–Kier alpha value is -2.70. The molecule has 4 rings (SSSR count). The third kappa shape index (κ3) is 4.49. The van der Waals surface area contributed by atoms with Gasteiger partial charge in [-0.1, -0.05) is 48.9 Å². The summed E-state index contributed by atoms with van der Waals surface area (Å²) < 4.78 is 27.0. The van der Waals surface area contributed by atoms with Gasteiger partial charge in [-0.2, -0.15) is 4.31 Å². The molecule has 150 valence electrons. The van der Waals surface area contributed by atoms with E-state index in [0.717, 1.165) is 35.6 Å². The number of anilines is 1. The Labute approximate surface area is 171 Å². The fraction of sp³-hybridized carbons (Fsp3) is 0.261. The number of rotatable bonds is 5. The van der Waals surface area contributed by atoms with Crippen LogP contribution >= 0.6 is 0 Å². The van der Waals surface area contributed by atoms with Crippen molar-refractivity contribution in [2.75, 3.05) is 18.4 Å². The van der Waals surface area contributed by atoms with Gasteiger partial charge in [0.15, 0.2) is 0 Å². The Kier molecular flexibility index (Phi) is 5.65. The second kappa shape index (κ2) is 8.35. The van der Waals surface area contributed by atoms with Crippen LogP contribution in [0.2, 0.25) is 0 Å². The number of carbonyl (C=O) groups is 1. The highest BCUT2D eigenvalue weighted by atomic mass is 32.2. The van der Waals surface area contributed by atoms with Crippen molar-refractivity contribution < 1.29 is 13.2 Å². The van der Waals surface area contributed by atoms with Gasteiger partial charge in [0, 0.05) is 18.8 Å². The van der Waals surface area contributed by atoms with Crippen molar-refractivity contribution in [1.82, 2.24) is 4.31 Å². The van der Waals surface area contributed by atoms with Crippen LogP contribution in [0.4, 0.5) is 5.69 Å². The zero-order valence-electron chi connectivity index (χ0n) is 16.2. The molecule has 3 aromatic carbocycles. The van der Waals surface area contributed by atoms with Gasteiger partial charge in [-0.15, -0.1) is 0 Å². The lowest BCUT2D eigenvalue weighted by atomic mass is 10.0. The number of hydrogen-bond acceptors (Lipinski definition) is 3. The summed E-state index contributed by atoms with van der Waals surface area (Å²) in [6.07, 6.45) is 3.15. The maximum atomic E-state index is 12.7. The van der Waals surface area contributed by atoms with Crippen LogP contribution < -0.4 is 5.32 Å². The Bertz CT molecular complexity index is 1120. The van der Waals surface area contributed by atoms with E-state index in [1.807, 2.05) is 42.5 Å². The predicted molar refractivity (Wildman–Crippen MR) is 115 cm³/mol. The monoisotopic (exact) mass is 408 g/mol. The average Bonchev–Trinajstić information content (AvgIpc) is 2.74. The molecule has 0 radical (unpaired) electrons. The largest absolute Gasteiger partial charge is 0.326 e. The summed E-state index contributed by atoms with van der Waals surface area (Å²) >= 11 is 0. The summed E-state index contributed by atoms with van der Waals surface area (Å²) in [6.45, 7) is 1.15. The van der Waals surface area contributed by atoms with Gasteiger partial charge in [-0.3, -0.25) is 4.79 Å². The first-order valence-electron chi connectivity index (χ1n) is 9.90. The molecule has 0 unspecified atom stereocenters. The zero-order valence-corrected chi connectivity index (χ0v) is 17.0. The van der Waals surface area contributed by atoms with Crippen LogP contribution in [0.15, 0.2) is 71.6 Å². The standard InChI is InChI=1S/C23H24N2O3S/c26-23(17-18-8-9-19-6-2-3-7-20(19)16-18)24-21-10-12-22(13-11-21)29(27,28)25-14-4-1-5-15-25/h2-3,6-13,16H,1,4-5,14-15,17H2,(H,24,26). The predicted octanol–water partition coefficient (Wildman–Crippen LogP) is 4.20. The Balaban J connectivity index is 1.41. The van der Waals surface area contributed by atoms with Gasteiger partial charge < -0.3 is 5.32 Å². The molecule has 1 saturated heterocycles. The van der Waals surface area contributed by atoms with Crippen molar-refractivity contribution in [1.29, 1.82) is 0 Å². The number of piperidine rings is 1. The fourth-order valence-corrected chi connectivity index (χ4v) is 5.22. The lowest BCUT2D eigenvalue weighted by molar-refractivity contribution is -0.115. The first-order valence-corrected chi connectivity index (χ1v) is 11.3. The van der Waals surface area contributed by atoms with Crippen molar-refractivity contribution in [3.63, 3.8) is 0 Å². The molecule has 1 aliphatic rings. The normalized spacial score (nSPS) is 15.3. The summed E-state index contributed by atoms with van der Waals surface area (Å²) in [5, 5.41) is 5.09. The third-order valence-electron chi connectivity index (χ3n) is 5.27. The number of carbonyl (C=O) groups excluding carboxylic acids is 1. The maximum absolute atomic E-state index is 12.7. The second-order valence-corrected chi connectivity index (χ2v) is 9.33. The summed E-state index contributed by atoms with van der Waals surface area (Å²) in [5.41, 5.74) is 1.53. The highest BCUT2D eigenvalue weighted by molar-refractivity contribution is 7.89. The van der Waals surface area contributed by atoms with Crippen LogP contribution in [0.1, 0.15) is 24.8 Å². The van der Waals surface area contributed by atoms with Crippen molar-refractivity contribution in [3.8, 4) is 0 Å². The highest BCUT2D eigenvalue weighted by Crippen LogP contribution is 2.22. The topological polar surface area (TPSA) is 66.5 Å². The molecule has 5 nitrogen and oxygen atoms in total. The number of nitrogens with zero attached hydrogens (tertiary/aromatic N) is 1. The minimum absolute atomic E-state index is 0.132. The molecular formula is C23H24N2O3S. The number of amides is 1. The molecule has 1 amide bonds. The van der Waals surface area contributed by atoms with Crippen molar-refractivity contribution in [2.24, 2.45) is 0 Å². The van der Waals surface area contributed by atoms with E-state index in [-0.39, 0.29) is 17.2 Å². The van der Waals surface area contributed by atoms with E-state index in [0.29, 0.717) is 18.8 Å². The summed E-state index contributed by atoms with van der Waals surface area (Å²) in [5.74, 6) is -0.132. The van der Waals surface area contributed by atoms with E-state index in [2.05, 4.69) is 5.32 Å². The van der Waals surface area contributed by atoms with Gasteiger partial charge in [-0.05, 0) is 53.4 Å². The summed E-state index contributed by atoms with van der Waals surface area (Å²) in [7, 11) is -3.46. The van der Waals surface area contributed by atoms with Crippen molar-refractivity contribution in [3.05, 3.63) is 72.3 Å². The maximum Gasteiger partial charge on any atom is 0.243 e. The van der Waals surface area contributed by atoms with Crippen LogP contribution in [0.25, 0.3) is 10.8 Å². The first-order chi connectivity index (χ1) is 14.0. The molecule has 1 fully saturated rings. The number of nitrogens with one attached hydrogen (secondary N) is 1. The molecule has 0 atom stereocenters. The zero-order chi connectivity index (χ0) is 20.3. The lowest BCUT2D eigenvalue weighted by Crippen LogP contribution is -2.35. The van der Waals surface area contributed by atoms with E-state index in [1.54, 1.807) is 28.6 Å². The molecule has 29 heavy (non-hydrogen) atoms. The van der Waals surface area contributed by atoms with Crippen LogP contribution in [0.5, 0.6) is 0 Å². The smallest absolute Gasteiger partial charge is 0.243 e. The van der Waals surface area contributed by atoms with Crippen LogP contribution in [-0.2, 0) is 21.2 Å². The first kappa shape index (κ1) is 19.6. The minimum Gasteiger partial charge on any atom is -0.326 e. The number of sulfonamides is 1. The van der Waals surface area contributed by atoms with E-state index in [4.69, 9.17) is 0 Å². The summed E-state index contributed by atoms with van der Waals surface area (Å²) in [6, 6.07) is 20.4. The molecule has 1 aliphatic heterocycles. The molecule has 1 heterocycles. The quantitative estimate of drug-likeness (QED) is 0.688. The van der Waals surface area contributed by atoms with Gasteiger partial charge in [0.2, 0.25) is 15.9 Å². The van der Waals surface area contributed by atoms with Crippen molar-refractivity contribution in [2.45, 2.75) is 30.6 Å². The summed E-state index contributed by atoms with van der Waals surface area (Å²) in [4.78, 5) is 12.7. The third-order valence-corrected chi connectivity index (χ3v) is 7.18. The van der Waals surface area contributed by atoms with Crippen LogP contribution in [0, 0.1) is 0 Å². The van der Waals surface area contributed by atoms with E-state index < -0.39 is 10.0 Å². The molecular weight excluding hydrogens is 384 g/mol. The van der Waals surface area contributed by atoms with E-state index >= 15 is 0 Å². The Morgan fingerprint density at radius 3 is 2.28 bits per heavy atom. The van der Waals surface area contributed by atoms with Gasteiger partial charge in [0.25, 0.3) is 0 Å². The average molecular weight is 409 g/mol. The molecule has 0 spiro atoms. The second-order valence-electron chi connectivity index (χ2n) is 7.40. The van der Waals surface area contributed by atoms with Gasteiger partial charge >= 0.3 is 0 Å². The van der Waals surface area contributed by atoms with Crippen LogP contribution in [-0.4, -0.2) is 31.7 Å². The SMILES string of the molecule is O=C(Cc1ccc2ccccc2c1)Nc1ccc(S(=O)(=O)N2CCCCC2)cc1. The molecule has 3 aromatic rings. The van der Waals surface area contributed by atoms with Crippen LogP contribution in [0.3, 0.4) is 0 Å². The van der Waals surface area contributed by atoms with E-state index in [9.17, 15) is 13.2 Å². The number of benzene rings is 3. The van der Waals surface area contributed by atoms with Gasteiger partial charge in [0.1, 0.15) is 0 Å². The number of hydrogen-bond donors (Lipinski definition) is 1. The Morgan fingerprint density at radius 2 is 1.55 bits per heavy atom. The van der Waals surface area contributed by atoms with E-state index in [1.165, 1.54) is 0 Å². The number of fused-ring (bicyclic) bond motifs is 1. The van der Waals surface area contributed by atoms with Crippen molar-refractivity contribution >= 4 is 32.4 Å². The molecule has 6 heteroatoms. The highest BCUT2D eigenvalue weighted by Gasteiger charge is 2.25. The lowest BCUT2D eigenvalue weighted by Gasteiger charge is -2.25. The van der Waals surface area contributed by atoms with Gasteiger partial charge in [0.05, 0.1) is 11.3 Å².